The van der Waals surface area contributed by atoms with Crippen LogP contribution in [0.15, 0.2) is 54.6 Å². The lowest BCUT2D eigenvalue weighted by atomic mass is 10.2. The predicted octanol–water partition coefficient (Wildman–Crippen LogP) is 2.72. The summed E-state index contributed by atoms with van der Waals surface area (Å²) in [6.45, 7) is 1.31. The summed E-state index contributed by atoms with van der Waals surface area (Å²) < 4.78 is 30.7. The Morgan fingerprint density at radius 1 is 1.09 bits per heavy atom. The standard InChI is InChI=1S/C16H17NO5S/c1-12(16(18)19)17(23(2,20)21)14-10-6-7-11-15(14)22-13-8-4-3-5-9-13/h3-12H,1-2H3,(H,18,19). The van der Waals surface area contributed by atoms with Crippen LogP contribution in [0, 0.1) is 0 Å². The molecule has 7 heteroatoms. The molecule has 2 aromatic rings. The van der Waals surface area contributed by atoms with E-state index in [0.29, 0.717) is 5.75 Å². The minimum Gasteiger partial charge on any atom is -0.480 e. The van der Waals surface area contributed by atoms with E-state index in [9.17, 15) is 18.3 Å². The summed E-state index contributed by atoms with van der Waals surface area (Å²) >= 11 is 0. The molecule has 0 spiro atoms. The molecule has 1 N–H and O–H groups in total. The predicted molar refractivity (Wildman–Crippen MR) is 87.4 cm³/mol. The fourth-order valence-electron chi connectivity index (χ4n) is 2.12. The first kappa shape index (κ1) is 16.8. The average molecular weight is 335 g/mol. The van der Waals surface area contributed by atoms with Crippen molar-refractivity contribution >= 4 is 21.7 Å². The Kier molecular flexibility index (Phi) is 4.90. The van der Waals surface area contributed by atoms with Gasteiger partial charge in [0.15, 0.2) is 5.75 Å². The van der Waals surface area contributed by atoms with Crippen LogP contribution in [0.5, 0.6) is 11.5 Å². The monoisotopic (exact) mass is 335 g/mol. The van der Waals surface area contributed by atoms with Crippen molar-refractivity contribution in [1.29, 1.82) is 0 Å². The molecular weight excluding hydrogens is 318 g/mol. The molecule has 2 aromatic carbocycles. The van der Waals surface area contributed by atoms with E-state index in [1.54, 1.807) is 42.5 Å². The largest absolute Gasteiger partial charge is 0.480 e. The molecule has 0 fully saturated rings. The van der Waals surface area contributed by atoms with Crippen LogP contribution >= 0.6 is 0 Å². The van der Waals surface area contributed by atoms with Crippen molar-refractivity contribution in [3.8, 4) is 11.5 Å². The molecule has 0 aliphatic rings. The van der Waals surface area contributed by atoms with E-state index in [2.05, 4.69) is 0 Å². The highest BCUT2D eigenvalue weighted by Gasteiger charge is 2.31. The number of carboxylic acid groups (broad SMARTS) is 1. The first-order valence-corrected chi connectivity index (χ1v) is 8.69. The minimum absolute atomic E-state index is 0.175. The Morgan fingerprint density at radius 2 is 1.65 bits per heavy atom. The molecule has 23 heavy (non-hydrogen) atoms. The number of ether oxygens (including phenoxy) is 1. The van der Waals surface area contributed by atoms with Crippen LogP contribution in [-0.2, 0) is 14.8 Å². The van der Waals surface area contributed by atoms with E-state index >= 15 is 0 Å². The van der Waals surface area contributed by atoms with Gasteiger partial charge in [0.2, 0.25) is 10.0 Å². The second-order valence-corrected chi connectivity index (χ2v) is 6.82. The summed E-state index contributed by atoms with van der Waals surface area (Å²) in [6.07, 6.45) is 0.964. The summed E-state index contributed by atoms with van der Waals surface area (Å²) in [6, 6.07) is 14.0. The summed E-state index contributed by atoms with van der Waals surface area (Å²) in [7, 11) is -3.80. The molecule has 0 amide bonds. The van der Waals surface area contributed by atoms with Gasteiger partial charge in [-0.15, -0.1) is 0 Å². The minimum atomic E-state index is -3.80. The lowest BCUT2D eigenvalue weighted by Gasteiger charge is -2.27. The number of aliphatic carboxylic acids is 1. The van der Waals surface area contributed by atoms with Crippen LogP contribution in [0.4, 0.5) is 5.69 Å². The number of carbonyl (C=O) groups is 1. The summed E-state index contributed by atoms with van der Waals surface area (Å²) in [5.41, 5.74) is 0.175. The number of sulfonamides is 1. The van der Waals surface area contributed by atoms with E-state index in [4.69, 9.17) is 4.74 Å². The summed E-state index contributed by atoms with van der Waals surface area (Å²) in [5.74, 6) is -0.460. The molecule has 122 valence electrons. The van der Waals surface area contributed by atoms with Gasteiger partial charge in [-0.25, -0.2) is 13.2 Å². The normalized spacial score (nSPS) is 12.4. The molecule has 1 unspecified atom stereocenters. The topological polar surface area (TPSA) is 83.9 Å². The second-order valence-electron chi connectivity index (χ2n) is 4.96. The van der Waals surface area contributed by atoms with Crippen molar-refractivity contribution in [3.63, 3.8) is 0 Å². The van der Waals surface area contributed by atoms with Gasteiger partial charge in [0.05, 0.1) is 11.9 Å². The molecule has 0 aliphatic carbocycles. The van der Waals surface area contributed by atoms with Gasteiger partial charge in [0, 0.05) is 0 Å². The molecule has 6 nitrogen and oxygen atoms in total. The molecule has 0 aromatic heterocycles. The Bertz CT molecular complexity index is 789. The van der Waals surface area contributed by atoms with Crippen LogP contribution in [0.2, 0.25) is 0 Å². The van der Waals surface area contributed by atoms with E-state index in [1.165, 1.54) is 13.0 Å². The van der Waals surface area contributed by atoms with Gasteiger partial charge in [-0.2, -0.15) is 0 Å². The van der Waals surface area contributed by atoms with Crippen LogP contribution < -0.4 is 9.04 Å². The molecule has 1 atom stereocenters. The average Bonchev–Trinajstić information content (AvgIpc) is 2.48. The number of nitrogens with zero attached hydrogens (tertiary/aromatic N) is 1. The first-order valence-electron chi connectivity index (χ1n) is 6.85. The van der Waals surface area contributed by atoms with Crippen molar-refractivity contribution in [2.45, 2.75) is 13.0 Å². The van der Waals surface area contributed by atoms with Crippen LogP contribution in [0.25, 0.3) is 0 Å². The maximum atomic E-state index is 12.1. The Hall–Kier alpha value is -2.54. The van der Waals surface area contributed by atoms with Crippen LogP contribution in [-0.4, -0.2) is 31.8 Å². The highest BCUT2D eigenvalue weighted by Crippen LogP contribution is 2.34. The molecule has 0 radical (unpaired) electrons. The van der Waals surface area contributed by atoms with Gasteiger partial charge in [-0.05, 0) is 31.2 Å². The van der Waals surface area contributed by atoms with E-state index in [1.807, 2.05) is 6.07 Å². The van der Waals surface area contributed by atoms with Crippen molar-refractivity contribution in [2.75, 3.05) is 10.6 Å². The van der Waals surface area contributed by atoms with Gasteiger partial charge >= 0.3 is 5.97 Å². The van der Waals surface area contributed by atoms with Crippen molar-refractivity contribution < 1.29 is 23.1 Å². The second kappa shape index (κ2) is 6.70. The zero-order valence-electron chi connectivity index (χ0n) is 12.7. The van der Waals surface area contributed by atoms with Gasteiger partial charge in [0.1, 0.15) is 11.8 Å². The van der Waals surface area contributed by atoms with Gasteiger partial charge < -0.3 is 9.84 Å². The maximum absolute atomic E-state index is 12.1. The number of benzene rings is 2. The van der Waals surface area contributed by atoms with Crippen molar-refractivity contribution in [2.24, 2.45) is 0 Å². The van der Waals surface area contributed by atoms with Gasteiger partial charge in [-0.3, -0.25) is 4.31 Å². The molecule has 0 aliphatic heterocycles. The Labute approximate surface area is 135 Å². The number of rotatable bonds is 6. The zero-order valence-corrected chi connectivity index (χ0v) is 13.5. The quantitative estimate of drug-likeness (QED) is 0.877. The number of anilines is 1. The fourth-order valence-corrected chi connectivity index (χ4v) is 3.29. The molecule has 0 heterocycles. The Morgan fingerprint density at radius 3 is 2.22 bits per heavy atom. The van der Waals surface area contributed by atoms with Crippen molar-refractivity contribution in [1.82, 2.24) is 0 Å². The number of hydrogen-bond acceptors (Lipinski definition) is 4. The molecule has 0 saturated heterocycles. The van der Waals surface area contributed by atoms with Gasteiger partial charge in [0.25, 0.3) is 0 Å². The third kappa shape index (κ3) is 4.01. The molecule has 2 rings (SSSR count). The SMILES string of the molecule is CC(C(=O)O)N(c1ccccc1Oc1ccccc1)S(C)(=O)=O. The third-order valence-electron chi connectivity index (χ3n) is 3.14. The third-order valence-corrected chi connectivity index (χ3v) is 4.37. The maximum Gasteiger partial charge on any atom is 0.327 e. The lowest BCUT2D eigenvalue weighted by Crippen LogP contribution is -2.43. The van der Waals surface area contributed by atoms with E-state index in [0.717, 1.165) is 10.6 Å². The smallest absolute Gasteiger partial charge is 0.327 e. The van der Waals surface area contributed by atoms with Crippen molar-refractivity contribution in [3.05, 3.63) is 54.6 Å². The highest BCUT2D eigenvalue weighted by atomic mass is 32.2. The first-order chi connectivity index (χ1) is 10.8. The number of carboxylic acids is 1. The number of hydrogen-bond donors (Lipinski definition) is 1. The number of para-hydroxylation sites is 3. The lowest BCUT2D eigenvalue weighted by molar-refractivity contribution is -0.137. The summed E-state index contributed by atoms with van der Waals surface area (Å²) in [4.78, 5) is 11.3. The molecule has 0 bridgehead atoms. The van der Waals surface area contributed by atoms with E-state index in [-0.39, 0.29) is 11.4 Å². The van der Waals surface area contributed by atoms with Gasteiger partial charge in [-0.1, -0.05) is 30.3 Å². The molecule has 0 saturated carbocycles. The zero-order chi connectivity index (χ0) is 17.0. The Balaban J connectivity index is 2.50. The van der Waals surface area contributed by atoms with Crippen LogP contribution in [0.3, 0.4) is 0 Å². The fraction of sp³-hybridized carbons (Fsp3) is 0.188. The summed E-state index contributed by atoms with van der Waals surface area (Å²) in [5, 5.41) is 9.21. The molecular formula is C16H17NO5S. The van der Waals surface area contributed by atoms with Crippen LogP contribution in [0.1, 0.15) is 6.92 Å². The van der Waals surface area contributed by atoms with E-state index < -0.39 is 22.0 Å². The highest BCUT2D eigenvalue weighted by molar-refractivity contribution is 7.92.